The van der Waals surface area contributed by atoms with Gasteiger partial charge in [-0.1, -0.05) is 0 Å². The largest absolute Gasteiger partial charge is 0.356 e. The lowest BCUT2D eigenvalue weighted by Gasteiger charge is -2.32. The third-order valence-electron chi connectivity index (χ3n) is 4.10. The van der Waals surface area contributed by atoms with E-state index in [9.17, 15) is 4.79 Å². The molecule has 23 heavy (non-hydrogen) atoms. The van der Waals surface area contributed by atoms with Gasteiger partial charge in [-0.3, -0.25) is 4.79 Å². The Labute approximate surface area is 135 Å². The first-order chi connectivity index (χ1) is 11.2. The van der Waals surface area contributed by atoms with Gasteiger partial charge in [-0.2, -0.15) is 10.2 Å². The molecule has 1 N–H and O–H groups in total. The molecule has 0 radical (unpaired) electrons. The maximum atomic E-state index is 12.0. The molecule has 2 aromatic heterocycles. The first-order valence-electron chi connectivity index (χ1n) is 7.82. The first kappa shape index (κ1) is 15.3. The SMILES string of the molecule is Cc1nccc(N2CCC(CNC(=O)c3ccnnc3)CC2)n1. The molecule has 2 aromatic rings. The van der Waals surface area contributed by atoms with Crippen molar-refractivity contribution in [2.45, 2.75) is 19.8 Å². The number of anilines is 1. The Bertz CT molecular complexity index is 655. The van der Waals surface area contributed by atoms with Crippen molar-refractivity contribution >= 4 is 11.7 Å². The van der Waals surface area contributed by atoms with E-state index in [2.05, 4.69) is 30.4 Å². The Morgan fingerprint density at radius 1 is 1.26 bits per heavy atom. The molecule has 0 bridgehead atoms. The predicted molar refractivity (Wildman–Crippen MR) is 86.1 cm³/mol. The quantitative estimate of drug-likeness (QED) is 0.914. The van der Waals surface area contributed by atoms with E-state index >= 15 is 0 Å². The average molecular weight is 312 g/mol. The van der Waals surface area contributed by atoms with E-state index < -0.39 is 0 Å². The minimum atomic E-state index is -0.0891. The molecule has 1 aliphatic rings. The van der Waals surface area contributed by atoms with Gasteiger partial charge in [-0.25, -0.2) is 9.97 Å². The van der Waals surface area contributed by atoms with Gasteiger partial charge in [0.05, 0.1) is 18.0 Å². The van der Waals surface area contributed by atoms with E-state index in [0.29, 0.717) is 18.0 Å². The highest BCUT2D eigenvalue weighted by molar-refractivity contribution is 5.93. The van der Waals surface area contributed by atoms with Gasteiger partial charge >= 0.3 is 0 Å². The van der Waals surface area contributed by atoms with Crippen LogP contribution in [0.1, 0.15) is 29.0 Å². The van der Waals surface area contributed by atoms with Crippen LogP contribution in [-0.2, 0) is 0 Å². The van der Waals surface area contributed by atoms with Crippen molar-refractivity contribution in [3.05, 3.63) is 42.1 Å². The third kappa shape index (κ3) is 4.00. The molecule has 7 heteroatoms. The van der Waals surface area contributed by atoms with Gasteiger partial charge in [0.1, 0.15) is 11.6 Å². The zero-order valence-corrected chi connectivity index (χ0v) is 13.1. The second-order valence-corrected chi connectivity index (χ2v) is 5.73. The molecule has 1 saturated heterocycles. The van der Waals surface area contributed by atoms with E-state index in [-0.39, 0.29) is 5.91 Å². The van der Waals surface area contributed by atoms with Crippen LogP contribution in [0, 0.1) is 12.8 Å². The van der Waals surface area contributed by atoms with Crippen LogP contribution in [0.4, 0.5) is 5.82 Å². The standard InChI is InChI=1S/C16H20N6O/c1-12-17-6-3-15(21-12)22-8-4-13(5-9-22)10-18-16(23)14-2-7-19-20-11-14/h2-3,6-7,11,13H,4-5,8-10H2,1H3,(H,18,23). The smallest absolute Gasteiger partial charge is 0.252 e. The number of aryl methyl sites for hydroxylation is 1. The van der Waals surface area contributed by atoms with Crippen LogP contribution in [0.25, 0.3) is 0 Å². The molecular formula is C16H20N6O. The minimum absolute atomic E-state index is 0.0891. The fraction of sp³-hybridized carbons (Fsp3) is 0.438. The summed E-state index contributed by atoms with van der Waals surface area (Å²) in [7, 11) is 0. The summed E-state index contributed by atoms with van der Waals surface area (Å²) in [6.45, 7) is 4.50. The fourth-order valence-electron chi connectivity index (χ4n) is 2.75. The summed E-state index contributed by atoms with van der Waals surface area (Å²) in [5.41, 5.74) is 0.550. The van der Waals surface area contributed by atoms with Gasteiger partial charge in [0.2, 0.25) is 0 Å². The van der Waals surface area contributed by atoms with Crippen molar-refractivity contribution in [1.82, 2.24) is 25.5 Å². The predicted octanol–water partition coefficient (Wildman–Crippen LogP) is 1.22. The molecule has 3 heterocycles. The third-order valence-corrected chi connectivity index (χ3v) is 4.10. The number of carbonyl (C=O) groups is 1. The summed E-state index contributed by atoms with van der Waals surface area (Å²) in [6.07, 6.45) is 6.88. The van der Waals surface area contributed by atoms with Crippen LogP contribution in [0.2, 0.25) is 0 Å². The highest BCUT2D eigenvalue weighted by Crippen LogP contribution is 2.21. The molecule has 0 spiro atoms. The molecule has 120 valence electrons. The monoisotopic (exact) mass is 312 g/mol. The molecule has 1 aliphatic heterocycles. The van der Waals surface area contributed by atoms with E-state index in [1.165, 1.54) is 12.4 Å². The Kier molecular flexibility index (Phi) is 4.75. The Morgan fingerprint density at radius 3 is 2.78 bits per heavy atom. The summed E-state index contributed by atoms with van der Waals surface area (Å²) in [5.74, 6) is 2.19. The van der Waals surface area contributed by atoms with Crippen molar-refractivity contribution < 1.29 is 4.79 Å². The number of amides is 1. The Hall–Kier alpha value is -2.57. The second kappa shape index (κ2) is 7.13. The van der Waals surface area contributed by atoms with Gasteiger partial charge in [-0.15, -0.1) is 0 Å². The highest BCUT2D eigenvalue weighted by Gasteiger charge is 2.21. The Balaban J connectivity index is 1.47. The second-order valence-electron chi connectivity index (χ2n) is 5.73. The zero-order valence-electron chi connectivity index (χ0n) is 13.1. The van der Waals surface area contributed by atoms with Gasteiger partial charge in [0.25, 0.3) is 5.91 Å². The normalized spacial score (nSPS) is 15.4. The summed E-state index contributed by atoms with van der Waals surface area (Å²) < 4.78 is 0. The first-order valence-corrected chi connectivity index (χ1v) is 7.82. The van der Waals surface area contributed by atoms with Gasteiger partial charge in [0, 0.05) is 25.8 Å². The average Bonchev–Trinajstić information content (AvgIpc) is 2.61. The lowest BCUT2D eigenvalue weighted by molar-refractivity contribution is 0.0944. The number of aromatic nitrogens is 4. The van der Waals surface area contributed by atoms with E-state index in [4.69, 9.17) is 0 Å². The molecular weight excluding hydrogens is 292 g/mol. The van der Waals surface area contributed by atoms with E-state index in [1.807, 2.05) is 13.0 Å². The van der Waals surface area contributed by atoms with Crippen molar-refractivity contribution in [2.24, 2.45) is 5.92 Å². The van der Waals surface area contributed by atoms with Crippen LogP contribution in [0.5, 0.6) is 0 Å². The van der Waals surface area contributed by atoms with Crippen LogP contribution >= 0.6 is 0 Å². The zero-order chi connectivity index (χ0) is 16.1. The number of nitrogens with one attached hydrogen (secondary N) is 1. The minimum Gasteiger partial charge on any atom is -0.356 e. The lowest BCUT2D eigenvalue weighted by Crippen LogP contribution is -2.39. The van der Waals surface area contributed by atoms with Gasteiger partial charge in [-0.05, 0) is 37.8 Å². The molecule has 0 saturated carbocycles. The summed E-state index contributed by atoms with van der Waals surface area (Å²) in [6, 6.07) is 3.62. The molecule has 0 aromatic carbocycles. The maximum Gasteiger partial charge on any atom is 0.252 e. The number of rotatable bonds is 4. The van der Waals surface area contributed by atoms with Crippen LogP contribution < -0.4 is 10.2 Å². The van der Waals surface area contributed by atoms with Crippen molar-refractivity contribution in [3.8, 4) is 0 Å². The van der Waals surface area contributed by atoms with Crippen molar-refractivity contribution in [2.75, 3.05) is 24.5 Å². The van der Waals surface area contributed by atoms with Crippen LogP contribution in [0.3, 0.4) is 0 Å². The van der Waals surface area contributed by atoms with Crippen molar-refractivity contribution in [3.63, 3.8) is 0 Å². The van der Waals surface area contributed by atoms with Gasteiger partial charge < -0.3 is 10.2 Å². The summed E-state index contributed by atoms with van der Waals surface area (Å²) in [5, 5.41) is 10.4. The summed E-state index contributed by atoms with van der Waals surface area (Å²) in [4.78, 5) is 22.9. The number of piperidine rings is 1. The van der Waals surface area contributed by atoms with E-state index in [1.54, 1.807) is 12.3 Å². The lowest BCUT2D eigenvalue weighted by atomic mass is 9.96. The van der Waals surface area contributed by atoms with Crippen LogP contribution in [0.15, 0.2) is 30.7 Å². The Morgan fingerprint density at radius 2 is 2.09 bits per heavy atom. The molecule has 7 nitrogen and oxygen atoms in total. The molecule has 0 aliphatic carbocycles. The summed E-state index contributed by atoms with van der Waals surface area (Å²) >= 11 is 0. The number of hydrogen-bond donors (Lipinski definition) is 1. The molecule has 1 fully saturated rings. The van der Waals surface area contributed by atoms with Gasteiger partial charge in [0.15, 0.2) is 0 Å². The highest BCUT2D eigenvalue weighted by atomic mass is 16.1. The molecule has 1 amide bonds. The maximum absolute atomic E-state index is 12.0. The molecule has 3 rings (SSSR count). The molecule has 0 unspecified atom stereocenters. The number of nitrogens with zero attached hydrogens (tertiary/aromatic N) is 5. The topological polar surface area (TPSA) is 83.9 Å². The number of carbonyl (C=O) groups excluding carboxylic acids is 1. The molecule has 0 atom stereocenters. The van der Waals surface area contributed by atoms with E-state index in [0.717, 1.165) is 37.6 Å². The van der Waals surface area contributed by atoms with Crippen LogP contribution in [-0.4, -0.2) is 45.7 Å². The number of hydrogen-bond acceptors (Lipinski definition) is 6. The fourth-order valence-corrected chi connectivity index (χ4v) is 2.75. The van der Waals surface area contributed by atoms with Crippen molar-refractivity contribution in [1.29, 1.82) is 0 Å².